The first-order valence-electron chi connectivity index (χ1n) is 6.49. The maximum Gasteiger partial charge on any atom is 0.167 e. The molecule has 0 N–H and O–H groups in total. The molecule has 2 aromatic rings. The number of halogens is 2. The minimum Gasteiger partial charge on any atom is -0.494 e. The van der Waals surface area contributed by atoms with E-state index in [1.807, 2.05) is 0 Å². The number of methoxy groups -OCH3 is 1. The van der Waals surface area contributed by atoms with Gasteiger partial charge in [-0.15, -0.1) is 11.6 Å². The number of nitrogens with zero attached hydrogens (tertiary/aromatic N) is 2. The fourth-order valence-corrected chi connectivity index (χ4v) is 2.94. The van der Waals surface area contributed by atoms with Crippen LogP contribution in [0.15, 0.2) is 12.1 Å². The van der Waals surface area contributed by atoms with Gasteiger partial charge in [-0.25, -0.2) is 9.37 Å². The standard InChI is InChI=1S/C14H16ClFN2O/c1-3-8-4-11(8)18-12-6-13(19-2)9(16)5-10(12)17-14(18)7-15/h5-6,8,11H,3-4,7H2,1-2H3. The van der Waals surface area contributed by atoms with Gasteiger partial charge >= 0.3 is 0 Å². The Morgan fingerprint density at radius 2 is 2.32 bits per heavy atom. The molecule has 1 fully saturated rings. The molecular formula is C14H16ClFN2O. The largest absolute Gasteiger partial charge is 0.494 e. The number of ether oxygens (including phenoxy) is 1. The van der Waals surface area contributed by atoms with Crippen LogP contribution in [0.2, 0.25) is 0 Å². The summed E-state index contributed by atoms with van der Waals surface area (Å²) in [5, 5.41) is 0. The topological polar surface area (TPSA) is 27.1 Å². The Hall–Kier alpha value is -1.29. The minimum atomic E-state index is -0.386. The normalized spacial score (nSPS) is 21.9. The highest BCUT2D eigenvalue weighted by Crippen LogP contribution is 2.48. The number of alkyl halides is 1. The summed E-state index contributed by atoms with van der Waals surface area (Å²) in [4.78, 5) is 4.43. The highest BCUT2D eigenvalue weighted by molar-refractivity contribution is 6.16. The molecular weight excluding hydrogens is 267 g/mol. The van der Waals surface area contributed by atoms with Gasteiger partial charge in [-0.05, 0) is 12.3 Å². The van der Waals surface area contributed by atoms with Gasteiger partial charge in [0.15, 0.2) is 11.6 Å². The summed E-state index contributed by atoms with van der Waals surface area (Å²) < 4.78 is 20.9. The van der Waals surface area contributed by atoms with Crippen LogP contribution in [0.4, 0.5) is 4.39 Å². The van der Waals surface area contributed by atoms with E-state index in [2.05, 4.69) is 16.5 Å². The Kier molecular flexibility index (Phi) is 3.13. The molecule has 19 heavy (non-hydrogen) atoms. The van der Waals surface area contributed by atoms with Crippen molar-refractivity contribution < 1.29 is 9.13 Å². The number of fused-ring (bicyclic) bond motifs is 1. The molecule has 0 aliphatic heterocycles. The number of hydrogen-bond donors (Lipinski definition) is 0. The van der Waals surface area contributed by atoms with Gasteiger partial charge < -0.3 is 9.30 Å². The predicted molar refractivity (Wildman–Crippen MR) is 73.2 cm³/mol. The van der Waals surface area contributed by atoms with Crippen LogP contribution in [0.1, 0.15) is 31.6 Å². The van der Waals surface area contributed by atoms with Crippen molar-refractivity contribution in [3.05, 3.63) is 23.8 Å². The molecule has 1 aliphatic rings. The summed E-state index contributed by atoms with van der Waals surface area (Å²) in [5.41, 5.74) is 1.56. The number of imidazole rings is 1. The van der Waals surface area contributed by atoms with Crippen molar-refractivity contribution in [2.24, 2.45) is 5.92 Å². The Morgan fingerprint density at radius 1 is 1.53 bits per heavy atom. The fraction of sp³-hybridized carbons (Fsp3) is 0.500. The highest BCUT2D eigenvalue weighted by Gasteiger charge is 2.39. The summed E-state index contributed by atoms with van der Waals surface area (Å²) in [6.07, 6.45) is 2.29. The molecule has 5 heteroatoms. The average molecular weight is 283 g/mol. The molecule has 0 amide bonds. The molecule has 0 radical (unpaired) electrons. The van der Waals surface area contributed by atoms with E-state index in [0.29, 0.717) is 23.4 Å². The molecule has 1 aromatic heterocycles. The van der Waals surface area contributed by atoms with E-state index in [9.17, 15) is 4.39 Å². The molecule has 2 unspecified atom stereocenters. The van der Waals surface area contributed by atoms with Crippen LogP contribution in [-0.4, -0.2) is 16.7 Å². The smallest absolute Gasteiger partial charge is 0.167 e. The van der Waals surface area contributed by atoms with Crippen molar-refractivity contribution in [3.63, 3.8) is 0 Å². The van der Waals surface area contributed by atoms with E-state index in [0.717, 1.165) is 24.2 Å². The second-order valence-corrected chi connectivity index (χ2v) is 5.25. The molecule has 102 valence electrons. The maximum atomic E-state index is 13.7. The van der Waals surface area contributed by atoms with Crippen molar-refractivity contribution in [1.29, 1.82) is 0 Å². The van der Waals surface area contributed by atoms with Crippen LogP contribution in [0.5, 0.6) is 5.75 Å². The van der Waals surface area contributed by atoms with Crippen molar-refractivity contribution >= 4 is 22.6 Å². The van der Waals surface area contributed by atoms with Crippen molar-refractivity contribution in [2.75, 3.05) is 7.11 Å². The number of aromatic nitrogens is 2. The van der Waals surface area contributed by atoms with Gasteiger partial charge in [0, 0.05) is 18.2 Å². The van der Waals surface area contributed by atoms with Crippen molar-refractivity contribution in [1.82, 2.24) is 9.55 Å². The Morgan fingerprint density at radius 3 is 2.89 bits per heavy atom. The van der Waals surface area contributed by atoms with E-state index in [-0.39, 0.29) is 11.6 Å². The lowest BCUT2D eigenvalue weighted by molar-refractivity contribution is 0.387. The monoisotopic (exact) mass is 282 g/mol. The van der Waals surface area contributed by atoms with Crippen LogP contribution in [0, 0.1) is 11.7 Å². The molecule has 0 bridgehead atoms. The van der Waals surface area contributed by atoms with Gasteiger partial charge in [0.2, 0.25) is 0 Å². The van der Waals surface area contributed by atoms with Crippen LogP contribution in [0.25, 0.3) is 11.0 Å². The first-order chi connectivity index (χ1) is 9.19. The van der Waals surface area contributed by atoms with E-state index < -0.39 is 0 Å². The fourth-order valence-electron chi connectivity index (χ4n) is 2.75. The molecule has 2 atom stereocenters. The summed E-state index contributed by atoms with van der Waals surface area (Å²) in [6, 6.07) is 3.59. The van der Waals surface area contributed by atoms with Crippen molar-refractivity contribution in [3.8, 4) is 5.75 Å². The van der Waals surface area contributed by atoms with E-state index >= 15 is 0 Å². The third-order valence-corrected chi connectivity index (χ3v) is 4.14. The molecule has 3 nitrogen and oxygen atoms in total. The summed E-state index contributed by atoms with van der Waals surface area (Å²) in [5.74, 6) is 1.69. The van der Waals surface area contributed by atoms with Gasteiger partial charge in [-0.2, -0.15) is 0 Å². The van der Waals surface area contributed by atoms with Gasteiger partial charge in [-0.3, -0.25) is 0 Å². The van der Waals surface area contributed by atoms with Crippen molar-refractivity contribution in [2.45, 2.75) is 31.7 Å². The first kappa shape index (κ1) is 12.7. The molecule has 0 saturated heterocycles. The molecule has 1 heterocycles. The van der Waals surface area contributed by atoms with Crippen LogP contribution in [0.3, 0.4) is 0 Å². The maximum absolute atomic E-state index is 13.7. The summed E-state index contributed by atoms with van der Waals surface area (Å²) in [6.45, 7) is 2.18. The third-order valence-electron chi connectivity index (χ3n) is 3.90. The van der Waals surface area contributed by atoms with Crippen LogP contribution >= 0.6 is 11.6 Å². The highest BCUT2D eigenvalue weighted by atomic mass is 35.5. The van der Waals surface area contributed by atoms with E-state index in [1.54, 1.807) is 6.07 Å². The van der Waals surface area contributed by atoms with Crippen LogP contribution < -0.4 is 4.74 Å². The van der Waals surface area contributed by atoms with Crippen LogP contribution in [-0.2, 0) is 5.88 Å². The lowest BCUT2D eigenvalue weighted by Crippen LogP contribution is -2.01. The molecule has 1 aromatic carbocycles. The van der Waals surface area contributed by atoms with Gasteiger partial charge in [-0.1, -0.05) is 13.3 Å². The first-order valence-corrected chi connectivity index (χ1v) is 7.03. The van der Waals surface area contributed by atoms with Gasteiger partial charge in [0.1, 0.15) is 5.82 Å². The Labute approximate surface area is 116 Å². The van der Waals surface area contributed by atoms with E-state index in [4.69, 9.17) is 16.3 Å². The number of hydrogen-bond acceptors (Lipinski definition) is 2. The quantitative estimate of drug-likeness (QED) is 0.796. The predicted octanol–water partition coefficient (Wildman–Crippen LogP) is 3.89. The Balaban J connectivity index is 2.17. The lowest BCUT2D eigenvalue weighted by Gasteiger charge is -2.08. The SMILES string of the molecule is CCC1CC1n1c(CCl)nc2cc(F)c(OC)cc21. The third kappa shape index (κ3) is 1.98. The molecule has 1 aliphatic carbocycles. The summed E-state index contributed by atoms with van der Waals surface area (Å²) in [7, 11) is 1.47. The van der Waals surface area contributed by atoms with Gasteiger partial charge in [0.05, 0.1) is 24.0 Å². The number of rotatable bonds is 4. The molecule has 3 rings (SSSR count). The Bertz CT molecular complexity index is 625. The zero-order chi connectivity index (χ0) is 13.6. The zero-order valence-electron chi connectivity index (χ0n) is 11.0. The summed E-state index contributed by atoms with van der Waals surface area (Å²) >= 11 is 5.97. The lowest BCUT2D eigenvalue weighted by atomic mass is 10.2. The number of benzene rings is 1. The van der Waals surface area contributed by atoms with E-state index in [1.165, 1.54) is 13.2 Å². The molecule has 0 spiro atoms. The van der Waals surface area contributed by atoms with Gasteiger partial charge in [0.25, 0.3) is 0 Å². The second-order valence-electron chi connectivity index (χ2n) is 4.98. The minimum absolute atomic E-state index is 0.253. The average Bonchev–Trinajstić information content (AvgIpc) is 3.11. The second kappa shape index (κ2) is 4.67. The zero-order valence-corrected chi connectivity index (χ0v) is 11.7. The molecule has 1 saturated carbocycles.